The summed E-state index contributed by atoms with van der Waals surface area (Å²) < 4.78 is 0. The van der Waals surface area contributed by atoms with Crippen LogP contribution in [-0.4, -0.2) is 32.4 Å². The number of aliphatic imine (C=N–C) groups is 1. The molecule has 26 heavy (non-hydrogen) atoms. The first-order valence-electron chi connectivity index (χ1n) is 8.95. The molecule has 2 aromatic rings. The zero-order chi connectivity index (χ0) is 18.4. The minimum Gasteiger partial charge on any atom is -0.382 e. The molecule has 1 aliphatic heterocycles. The quantitative estimate of drug-likeness (QED) is 0.804. The van der Waals surface area contributed by atoms with Crippen LogP contribution in [0.3, 0.4) is 0 Å². The molecule has 4 nitrogen and oxygen atoms in total. The Morgan fingerprint density at radius 3 is 2.73 bits per heavy atom. The summed E-state index contributed by atoms with van der Waals surface area (Å²) in [6, 6.07) is 14.6. The van der Waals surface area contributed by atoms with Gasteiger partial charge in [-0.05, 0) is 66.9 Å². The van der Waals surface area contributed by atoms with Crippen LogP contribution in [0.25, 0.3) is 17.2 Å². The Morgan fingerprint density at radius 1 is 1.23 bits per heavy atom. The van der Waals surface area contributed by atoms with Crippen LogP contribution >= 0.6 is 0 Å². The lowest BCUT2D eigenvalue weighted by atomic mass is 9.95. The molecule has 132 valence electrons. The number of nitrogens with one attached hydrogen (secondary N) is 2. The normalized spacial score (nSPS) is 14.9. The summed E-state index contributed by atoms with van der Waals surface area (Å²) in [5.74, 6) is 0. The van der Waals surface area contributed by atoms with Crippen molar-refractivity contribution in [1.29, 1.82) is 5.26 Å². The van der Waals surface area contributed by atoms with E-state index in [0.717, 1.165) is 53.9 Å². The van der Waals surface area contributed by atoms with Crippen molar-refractivity contribution in [3.8, 4) is 17.2 Å². The van der Waals surface area contributed by atoms with E-state index in [1.807, 2.05) is 36.6 Å². The molecule has 0 spiro atoms. The van der Waals surface area contributed by atoms with Gasteiger partial charge in [0.2, 0.25) is 0 Å². The number of nitrogens with zero attached hydrogens (tertiary/aromatic N) is 2. The highest BCUT2D eigenvalue weighted by molar-refractivity contribution is 5.95. The summed E-state index contributed by atoms with van der Waals surface area (Å²) >= 11 is 0. The maximum atomic E-state index is 9.19. The number of rotatable bonds is 5. The second-order valence-electron chi connectivity index (χ2n) is 6.48. The zero-order valence-corrected chi connectivity index (χ0v) is 15.1. The summed E-state index contributed by atoms with van der Waals surface area (Å²) in [5.41, 5.74) is 5.92. The lowest BCUT2D eigenvalue weighted by molar-refractivity contribution is 0.479. The molecule has 0 bridgehead atoms. The predicted molar refractivity (Wildman–Crippen MR) is 110 cm³/mol. The van der Waals surface area contributed by atoms with Crippen molar-refractivity contribution >= 4 is 18.0 Å². The second-order valence-corrected chi connectivity index (χ2v) is 6.48. The van der Waals surface area contributed by atoms with Gasteiger partial charge in [-0.3, -0.25) is 4.99 Å². The Labute approximate surface area is 155 Å². The largest absolute Gasteiger partial charge is 0.382 e. The fourth-order valence-corrected chi connectivity index (χ4v) is 3.36. The number of anilines is 1. The van der Waals surface area contributed by atoms with E-state index in [1.54, 1.807) is 7.05 Å². The molecular formula is C22H24N4. The third-order valence-electron chi connectivity index (χ3n) is 4.71. The molecule has 0 saturated carbocycles. The highest BCUT2D eigenvalue weighted by Gasteiger charge is 2.16. The maximum Gasteiger partial charge on any atom is 0.0991 e. The predicted octanol–water partition coefficient (Wildman–Crippen LogP) is 4.08. The Kier molecular flexibility index (Phi) is 5.83. The smallest absolute Gasteiger partial charge is 0.0991 e. The Morgan fingerprint density at radius 2 is 2.04 bits per heavy atom. The SMILES string of the molecule is C=Cc1cc(-c2cccc(C#N)c2)cc(NC2CCNCC2)c1/C=N\C. The van der Waals surface area contributed by atoms with Crippen molar-refractivity contribution < 1.29 is 0 Å². The summed E-state index contributed by atoms with van der Waals surface area (Å²) in [6.45, 7) is 6.05. The Hall–Kier alpha value is -2.90. The first-order valence-corrected chi connectivity index (χ1v) is 8.95. The van der Waals surface area contributed by atoms with Crippen LogP contribution in [0.4, 0.5) is 5.69 Å². The summed E-state index contributed by atoms with van der Waals surface area (Å²) in [5, 5.41) is 16.3. The molecule has 1 saturated heterocycles. The molecule has 1 heterocycles. The van der Waals surface area contributed by atoms with Crippen LogP contribution in [0.2, 0.25) is 0 Å². The Bertz CT molecular complexity index is 855. The van der Waals surface area contributed by atoms with Crippen LogP contribution in [0, 0.1) is 11.3 Å². The van der Waals surface area contributed by atoms with Gasteiger partial charge in [0.05, 0.1) is 11.6 Å². The van der Waals surface area contributed by atoms with Gasteiger partial charge in [0.25, 0.3) is 0 Å². The molecule has 3 rings (SSSR count). The minimum atomic E-state index is 0.443. The van der Waals surface area contributed by atoms with Crippen molar-refractivity contribution in [2.75, 3.05) is 25.5 Å². The van der Waals surface area contributed by atoms with Crippen molar-refractivity contribution in [2.24, 2.45) is 4.99 Å². The number of hydrogen-bond donors (Lipinski definition) is 2. The molecule has 0 atom stereocenters. The molecule has 4 heteroatoms. The molecule has 1 aliphatic rings. The van der Waals surface area contributed by atoms with E-state index >= 15 is 0 Å². The van der Waals surface area contributed by atoms with E-state index in [9.17, 15) is 5.26 Å². The number of hydrogen-bond acceptors (Lipinski definition) is 4. The standard InChI is InChI=1S/C22H24N4/c1-3-17-12-19(18-6-4-5-16(11-18)14-23)13-22(21(17)15-24-2)26-20-7-9-25-10-8-20/h3-6,11-13,15,20,25-26H,1,7-10H2,2H3/b24-15-. The Balaban J connectivity index is 2.06. The molecule has 1 fully saturated rings. The van der Waals surface area contributed by atoms with Gasteiger partial charge in [-0.15, -0.1) is 0 Å². The number of piperidine rings is 1. The molecule has 0 unspecified atom stereocenters. The average molecular weight is 344 g/mol. The van der Waals surface area contributed by atoms with Gasteiger partial charge in [-0.25, -0.2) is 0 Å². The first-order chi connectivity index (χ1) is 12.7. The zero-order valence-electron chi connectivity index (χ0n) is 15.1. The van der Waals surface area contributed by atoms with Crippen LogP contribution < -0.4 is 10.6 Å². The number of nitriles is 1. The summed E-state index contributed by atoms with van der Waals surface area (Å²) in [7, 11) is 1.78. The number of benzene rings is 2. The minimum absolute atomic E-state index is 0.443. The van der Waals surface area contributed by atoms with Gasteiger partial charge in [-0.1, -0.05) is 24.8 Å². The van der Waals surface area contributed by atoms with E-state index in [4.69, 9.17) is 0 Å². The van der Waals surface area contributed by atoms with E-state index < -0.39 is 0 Å². The van der Waals surface area contributed by atoms with Crippen molar-refractivity contribution in [3.63, 3.8) is 0 Å². The van der Waals surface area contributed by atoms with E-state index in [-0.39, 0.29) is 0 Å². The fourth-order valence-electron chi connectivity index (χ4n) is 3.36. The van der Waals surface area contributed by atoms with E-state index in [0.29, 0.717) is 11.6 Å². The lowest BCUT2D eigenvalue weighted by Crippen LogP contribution is -2.35. The van der Waals surface area contributed by atoms with Crippen LogP contribution in [0.1, 0.15) is 29.5 Å². The third-order valence-corrected chi connectivity index (χ3v) is 4.71. The fraction of sp³-hybridized carbons (Fsp3) is 0.273. The van der Waals surface area contributed by atoms with Crippen LogP contribution in [-0.2, 0) is 0 Å². The molecule has 0 aromatic heterocycles. The summed E-state index contributed by atoms with van der Waals surface area (Å²) in [4.78, 5) is 4.23. The lowest BCUT2D eigenvalue weighted by Gasteiger charge is -2.26. The van der Waals surface area contributed by atoms with Gasteiger partial charge in [-0.2, -0.15) is 5.26 Å². The highest BCUT2D eigenvalue weighted by atomic mass is 15.0. The molecule has 2 aromatic carbocycles. The molecule has 0 amide bonds. The highest BCUT2D eigenvalue weighted by Crippen LogP contribution is 2.30. The van der Waals surface area contributed by atoms with Gasteiger partial charge >= 0.3 is 0 Å². The molecule has 0 radical (unpaired) electrons. The van der Waals surface area contributed by atoms with Gasteiger partial charge in [0, 0.05) is 30.6 Å². The molecule has 2 N–H and O–H groups in total. The van der Waals surface area contributed by atoms with Gasteiger partial charge in [0.1, 0.15) is 0 Å². The van der Waals surface area contributed by atoms with Crippen LogP contribution in [0.15, 0.2) is 48.0 Å². The van der Waals surface area contributed by atoms with E-state index in [1.165, 1.54) is 0 Å². The van der Waals surface area contributed by atoms with Gasteiger partial charge < -0.3 is 10.6 Å². The summed E-state index contributed by atoms with van der Waals surface area (Å²) in [6.07, 6.45) is 5.94. The van der Waals surface area contributed by atoms with Crippen molar-refractivity contribution in [3.05, 3.63) is 59.7 Å². The topological polar surface area (TPSA) is 60.2 Å². The third kappa shape index (κ3) is 4.01. The first kappa shape index (κ1) is 17.9. The maximum absolute atomic E-state index is 9.19. The molecule has 0 aliphatic carbocycles. The van der Waals surface area contributed by atoms with Crippen LogP contribution in [0.5, 0.6) is 0 Å². The second kappa shape index (κ2) is 8.46. The van der Waals surface area contributed by atoms with Gasteiger partial charge in [0.15, 0.2) is 0 Å². The molecular weight excluding hydrogens is 320 g/mol. The van der Waals surface area contributed by atoms with Crippen molar-refractivity contribution in [2.45, 2.75) is 18.9 Å². The average Bonchev–Trinajstić information content (AvgIpc) is 2.70. The monoisotopic (exact) mass is 344 g/mol. The van der Waals surface area contributed by atoms with Crippen molar-refractivity contribution in [1.82, 2.24) is 5.32 Å². The van der Waals surface area contributed by atoms with E-state index in [2.05, 4.69) is 40.4 Å².